The molecule has 29 heavy (non-hydrogen) atoms. The van der Waals surface area contributed by atoms with Crippen molar-refractivity contribution in [1.82, 2.24) is 9.91 Å². The summed E-state index contributed by atoms with van der Waals surface area (Å²) in [6.45, 7) is 1.16. The highest BCUT2D eigenvalue weighted by molar-refractivity contribution is 7.12. The molecule has 3 aromatic rings. The molecule has 1 atom stereocenters. The molecule has 2 aliphatic rings. The van der Waals surface area contributed by atoms with E-state index < -0.39 is 0 Å². The number of carbonyl (C=O) groups is 1. The van der Waals surface area contributed by atoms with Crippen molar-refractivity contribution in [3.63, 3.8) is 0 Å². The van der Waals surface area contributed by atoms with E-state index in [4.69, 9.17) is 9.52 Å². The largest absolute Gasteiger partial charge is 0.467 e. The van der Waals surface area contributed by atoms with E-state index >= 15 is 0 Å². The van der Waals surface area contributed by atoms with Gasteiger partial charge in [0, 0.05) is 19.0 Å². The lowest BCUT2D eigenvalue weighted by Crippen LogP contribution is -2.39. The predicted molar refractivity (Wildman–Crippen MR) is 114 cm³/mol. The third kappa shape index (κ3) is 4.04. The monoisotopic (exact) mass is 405 g/mol. The maximum absolute atomic E-state index is 13.3. The molecule has 0 N–H and O–H groups in total. The smallest absolute Gasteiger partial charge is 0.257 e. The molecule has 1 aromatic carbocycles. The molecule has 1 amide bonds. The Bertz CT molecular complexity index is 979. The lowest BCUT2D eigenvalue weighted by molar-refractivity contribution is -0.134. The normalized spacial score (nSPS) is 19.0. The Kier molecular flexibility index (Phi) is 5.04. The maximum atomic E-state index is 13.3. The van der Waals surface area contributed by atoms with Crippen molar-refractivity contribution >= 4 is 23.0 Å². The molecule has 3 heterocycles. The second-order valence-electron chi connectivity index (χ2n) is 7.62. The van der Waals surface area contributed by atoms with Crippen LogP contribution in [-0.2, 0) is 11.3 Å². The molecule has 6 heteroatoms. The molecule has 0 spiro atoms. The summed E-state index contributed by atoms with van der Waals surface area (Å²) in [4.78, 5) is 16.7. The molecular weight excluding hydrogens is 382 g/mol. The number of amides is 1. The molecule has 5 nitrogen and oxygen atoms in total. The van der Waals surface area contributed by atoms with Crippen molar-refractivity contribution in [3.8, 4) is 0 Å². The van der Waals surface area contributed by atoms with Crippen LogP contribution in [0.15, 0.2) is 75.8 Å². The number of furan rings is 1. The van der Waals surface area contributed by atoms with Crippen LogP contribution >= 0.6 is 11.3 Å². The first-order valence-corrected chi connectivity index (χ1v) is 10.9. The van der Waals surface area contributed by atoms with Gasteiger partial charge in [-0.15, -0.1) is 11.3 Å². The molecule has 0 radical (unpaired) electrons. The first-order valence-electron chi connectivity index (χ1n) is 10.0. The van der Waals surface area contributed by atoms with Gasteiger partial charge in [-0.3, -0.25) is 9.69 Å². The SMILES string of the molecule is O=C(CN(Cc1ccccc1)C1CC1)N1N=C(c2cccs2)CC1c1ccco1. The number of nitrogens with zero attached hydrogens (tertiary/aromatic N) is 3. The summed E-state index contributed by atoms with van der Waals surface area (Å²) in [5.41, 5.74) is 2.19. The molecule has 1 saturated carbocycles. The number of rotatable bonds is 7. The van der Waals surface area contributed by atoms with Gasteiger partial charge in [-0.25, -0.2) is 5.01 Å². The molecular formula is C23H23N3O2S. The minimum atomic E-state index is -0.174. The Labute approximate surface area is 174 Å². The van der Waals surface area contributed by atoms with Crippen LogP contribution < -0.4 is 0 Å². The van der Waals surface area contributed by atoms with Crippen LogP contribution in [0.4, 0.5) is 0 Å². The van der Waals surface area contributed by atoms with Crippen molar-refractivity contribution in [1.29, 1.82) is 0 Å². The van der Waals surface area contributed by atoms with Gasteiger partial charge in [-0.05, 0) is 42.0 Å². The van der Waals surface area contributed by atoms with Gasteiger partial charge in [0.05, 0.1) is 23.4 Å². The fourth-order valence-corrected chi connectivity index (χ4v) is 4.57. The zero-order chi connectivity index (χ0) is 19.6. The summed E-state index contributed by atoms with van der Waals surface area (Å²) in [5, 5.41) is 8.42. The van der Waals surface area contributed by atoms with Gasteiger partial charge in [0.15, 0.2) is 0 Å². The average Bonchev–Trinajstić information content (AvgIpc) is 3.17. The average molecular weight is 406 g/mol. The van der Waals surface area contributed by atoms with E-state index in [-0.39, 0.29) is 11.9 Å². The van der Waals surface area contributed by atoms with E-state index in [0.29, 0.717) is 19.0 Å². The van der Waals surface area contributed by atoms with Crippen molar-refractivity contribution in [3.05, 3.63) is 82.4 Å². The Morgan fingerprint density at radius 1 is 1.14 bits per heavy atom. The standard InChI is InChI=1S/C23H23N3O2S/c27-23(16-25(18-10-11-18)15-17-6-2-1-3-7-17)26-20(21-8-4-12-28-21)14-19(24-26)22-9-5-13-29-22/h1-9,12-13,18,20H,10-11,14-16H2. The van der Waals surface area contributed by atoms with Crippen LogP contribution in [0, 0.1) is 0 Å². The Balaban J connectivity index is 1.36. The van der Waals surface area contributed by atoms with Gasteiger partial charge in [0.2, 0.25) is 0 Å². The van der Waals surface area contributed by atoms with E-state index in [1.807, 2.05) is 41.8 Å². The second-order valence-corrected chi connectivity index (χ2v) is 8.57. The summed E-state index contributed by atoms with van der Waals surface area (Å²) in [6, 6.07) is 18.6. The van der Waals surface area contributed by atoms with Gasteiger partial charge >= 0.3 is 0 Å². The van der Waals surface area contributed by atoms with Crippen molar-refractivity contribution in [2.75, 3.05) is 6.54 Å². The minimum absolute atomic E-state index is 0.0285. The highest BCUT2D eigenvalue weighted by atomic mass is 32.1. The summed E-state index contributed by atoms with van der Waals surface area (Å²) in [6.07, 6.45) is 4.66. The molecule has 148 valence electrons. The van der Waals surface area contributed by atoms with Gasteiger partial charge in [0.25, 0.3) is 5.91 Å². The van der Waals surface area contributed by atoms with Crippen LogP contribution in [0.1, 0.15) is 41.5 Å². The van der Waals surface area contributed by atoms with E-state index in [0.717, 1.165) is 35.7 Å². The van der Waals surface area contributed by atoms with Crippen molar-refractivity contribution < 1.29 is 9.21 Å². The number of hydrazone groups is 1. The van der Waals surface area contributed by atoms with Crippen LogP contribution in [0.2, 0.25) is 0 Å². The van der Waals surface area contributed by atoms with Crippen LogP contribution in [0.3, 0.4) is 0 Å². The Hall–Kier alpha value is -2.70. The van der Waals surface area contributed by atoms with Gasteiger partial charge < -0.3 is 4.42 Å². The summed E-state index contributed by atoms with van der Waals surface area (Å²) >= 11 is 1.65. The number of carbonyl (C=O) groups excluding carboxylic acids is 1. The lowest BCUT2D eigenvalue weighted by atomic mass is 10.1. The van der Waals surface area contributed by atoms with E-state index in [9.17, 15) is 4.79 Å². The zero-order valence-electron chi connectivity index (χ0n) is 16.1. The van der Waals surface area contributed by atoms with Gasteiger partial charge in [-0.2, -0.15) is 5.10 Å². The summed E-state index contributed by atoms with van der Waals surface area (Å²) in [7, 11) is 0. The van der Waals surface area contributed by atoms with Gasteiger partial charge in [0.1, 0.15) is 11.8 Å². The number of thiophene rings is 1. The third-order valence-electron chi connectivity index (χ3n) is 5.47. The second kappa shape index (κ2) is 7.97. The summed E-state index contributed by atoms with van der Waals surface area (Å²) in [5.74, 6) is 0.815. The van der Waals surface area contributed by atoms with E-state index in [2.05, 4.69) is 23.1 Å². The molecule has 1 fully saturated rings. The quantitative estimate of drug-likeness (QED) is 0.573. The highest BCUT2D eigenvalue weighted by Gasteiger charge is 2.37. The first-order chi connectivity index (χ1) is 14.3. The highest BCUT2D eigenvalue weighted by Crippen LogP contribution is 2.35. The van der Waals surface area contributed by atoms with Crippen molar-refractivity contribution in [2.24, 2.45) is 5.10 Å². The Morgan fingerprint density at radius 3 is 2.69 bits per heavy atom. The molecule has 2 aromatic heterocycles. The number of hydrogen-bond acceptors (Lipinski definition) is 5. The Morgan fingerprint density at radius 2 is 2.00 bits per heavy atom. The zero-order valence-corrected chi connectivity index (χ0v) is 16.9. The third-order valence-corrected chi connectivity index (χ3v) is 6.39. The van der Waals surface area contributed by atoms with Crippen LogP contribution in [0.25, 0.3) is 0 Å². The molecule has 1 unspecified atom stereocenters. The maximum Gasteiger partial charge on any atom is 0.257 e. The van der Waals surface area contributed by atoms with E-state index in [1.54, 1.807) is 22.6 Å². The number of hydrogen-bond donors (Lipinski definition) is 0. The van der Waals surface area contributed by atoms with E-state index in [1.165, 1.54) is 5.56 Å². The van der Waals surface area contributed by atoms with Gasteiger partial charge in [-0.1, -0.05) is 36.4 Å². The predicted octanol–water partition coefficient (Wildman–Crippen LogP) is 4.68. The molecule has 1 aliphatic carbocycles. The molecule has 1 aliphatic heterocycles. The van der Waals surface area contributed by atoms with Crippen LogP contribution in [0.5, 0.6) is 0 Å². The van der Waals surface area contributed by atoms with Crippen LogP contribution in [-0.4, -0.2) is 34.1 Å². The lowest BCUT2D eigenvalue weighted by Gasteiger charge is -2.26. The molecule has 5 rings (SSSR count). The summed E-state index contributed by atoms with van der Waals surface area (Å²) < 4.78 is 5.65. The minimum Gasteiger partial charge on any atom is -0.467 e. The molecule has 0 bridgehead atoms. The van der Waals surface area contributed by atoms with Crippen molar-refractivity contribution in [2.45, 2.75) is 37.9 Å². The fourth-order valence-electron chi connectivity index (χ4n) is 3.85. The first kappa shape index (κ1) is 18.3. The fraction of sp³-hybridized carbons (Fsp3) is 0.304. The molecule has 0 saturated heterocycles. The topological polar surface area (TPSA) is 49.1 Å². The number of benzene rings is 1.